The molecule has 0 saturated carbocycles. The second-order valence-corrected chi connectivity index (χ2v) is 8.03. The number of hydrogen-bond donors (Lipinski definition) is 0. The molecule has 0 atom stereocenters. The van der Waals surface area contributed by atoms with Gasteiger partial charge in [0.25, 0.3) is 0 Å². The summed E-state index contributed by atoms with van der Waals surface area (Å²) in [5.41, 5.74) is 0.808. The van der Waals surface area contributed by atoms with Gasteiger partial charge in [-0.25, -0.2) is 4.39 Å². The van der Waals surface area contributed by atoms with E-state index in [0.29, 0.717) is 26.2 Å². The van der Waals surface area contributed by atoms with Crippen molar-refractivity contribution in [2.45, 2.75) is 32.7 Å². The number of nitrogens with zero attached hydrogens (tertiary/aromatic N) is 4. The smallest absolute Gasteiger partial charge is 0.237 e. The maximum atomic E-state index is 13.4. The lowest BCUT2D eigenvalue weighted by molar-refractivity contribution is -0.133. The quantitative estimate of drug-likeness (QED) is 0.695. The fourth-order valence-corrected chi connectivity index (χ4v) is 4.12. The van der Waals surface area contributed by atoms with E-state index in [0.717, 1.165) is 64.1 Å². The Morgan fingerprint density at radius 1 is 0.966 bits per heavy atom. The zero-order valence-electron chi connectivity index (χ0n) is 17.5. The maximum absolute atomic E-state index is 13.4. The molecule has 2 fully saturated rings. The number of halogens is 1. The predicted molar refractivity (Wildman–Crippen MR) is 111 cm³/mol. The Labute approximate surface area is 173 Å². The van der Waals surface area contributed by atoms with Gasteiger partial charge in [-0.3, -0.25) is 19.4 Å². The first-order valence-electron chi connectivity index (χ1n) is 10.8. The molecule has 29 heavy (non-hydrogen) atoms. The van der Waals surface area contributed by atoms with Gasteiger partial charge < -0.3 is 9.80 Å². The Morgan fingerprint density at radius 2 is 1.66 bits per heavy atom. The SMILES string of the molecule is CCN(Cc1cccc(F)c1)C(=O)CN1CCCN(CC(=O)N2CCCC2)CC1. The maximum Gasteiger partial charge on any atom is 0.237 e. The van der Waals surface area contributed by atoms with Gasteiger partial charge in [-0.1, -0.05) is 12.1 Å². The number of amides is 2. The van der Waals surface area contributed by atoms with Crippen molar-refractivity contribution in [3.63, 3.8) is 0 Å². The third-order valence-electron chi connectivity index (χ3n) is 5.85. The van der Waals surface area contributed by atoms with Crippen molar-refractivity contribution in [1.82, 2.24) is 19.6 Å². The summed E-state index contributed by atoms with van der Waals surface area (Å²) in [6.07, 6.45) is 3.19. The number of likely N-dealkylation sites (N-methyl/N-ethyl adjacent to an activating group) is 1. The molecule has 0 bridgehead atoms. The lowest BCUT2D eigenvalue weighted by Gasteiger charge is -2.26. The van der Waals surface area contributed by atoms with Crippen LogP contribution in [0.25, 0.3) is 0 Å². The molecular formula is C22H33FN4O2. The summed E-state index contributed by atoms with van der Waals surface area (Å²) in [5.74, 6) is 0.0275. The molecule has 2 saturated heterocycles. The van der Waals surface area contributed by atoms with Gasteiger partial charge in [0.2, 0.25) is 11.8 Å². The molecule has 160 valence electrons. The third kappa shape index (κ3) is 6.51. The lowest BCUT2D eigenvalue weighted by Crippen LogP contribution is -2.42. The fraction of sp³-hybridized carbons (Fsp3) is 0.636. The third-order valence-corrected chi connectivity index (χ3v) is 5.85. The van der Waals surface area contributed by atoms with E-state index < -0.39 is 0 Å². The van der Waals surface area contributed by atoms with Gasteiger partial charge in [0.15, 0.2) is 0 Å². The number of likely N-dealkylation sites (tertiary alicyclic amines) is 1. The van der Waals surface area contributed by atoms with Crippen LogP contribution in [0.15, 0.2) is 24.3 Å². The molecule has 6 nitrogen and oxygen atoms in total. The molecule has 2 aliphatic rings. The highest BCUT2D eigenvalue weighted by molar-refractivity contribution is 5.79. The van der Waals surface area contributed by atoms with Crippen molar-refractivity contribution in [2.24, 2.45) is 0 Å². The topological polar surface area (TPSA) is 47.1 Å². The molecule has 3 rings (SSSR count). The largest absolute Gasteiger partial charge is 0.342 e. The Kier molecular flexibility index (Phi) is 8.00. The van der Waals surface area contributed by atoms with Gasteiger partial charge in [0.05, 0.1) is 13.1 Å². The average molecular weight is 405 g/mol. The molecule has 0 radical (unpaired) electrons. The van der Waals surface area contributed by atoms with E-state index in [1.807, 2.05) is 17.9 Å². The van der Waals surface area contributed by atoms with Gasteiger partial charge in [-0.15, -0.1) is 0 Å². The van der Waals surface area contributed by atoms with Crippen LogP contribution in [0.5, 0.6) is 0 Å². The van der Waals surface area contributed by atoms with Gasteiger partial charge in [-0.2, -0.15) is 0 Å². The van der Waals surface area contributed by atoms with Crippen molar-refractivity contribution >= 4 is 11.8 Å². The molecule has 0 N–H and O–H groups in total. The molecule has 2 heterocycles. The summed E-state index contributed by atoms with van der Waals surface area (Å²) in [4.78, 5) is 33.3. The Morgan fingerprint density at radius 3 is 2.31 bits per heavy atom. The minimum atomic E-state index is -0.276. The average Bonchev–Trinajstić information content (AvgIpc) is 3.16. The van der Waals surface area contributed by atoms with Crippen LogP contribution in [0.2, 0.25) is 0 Å². The van der Waals surface area contributed by atoms with E-state index in [-0.39, 0.29) is 17.6 Å². The summed E-state index contributed by atoms with van der Waals surface area (Å²) in [7, 11) is 0. The highest BCUT2D eigenvalue weighted by Gasteiger charge is 2.24. The fourth-order valence-electron chi connectivity index (χ4n) is 4.12. The van der Waals surface area contributed by atoms with Crippen LogP contribution in [0.4, 0.5) is 4.39 Å². The minimum absolute atomic E-state index is 0.0679. The number of hydrogen-bond acceptors (Lipinski definition) is 4. The van der Waals surface area contributed by atoms with E-state index in [1.165, 1.54) is 12.1 Å². The van der Waals surface area contributed by atoms with Gasteiger partial charge in [-0.05, 0) is 57.0 Å². The number of benzene rings is 1. The molecule has 0 aromatic heterocycles. The zero-order chi connectivity index (χ0) is 20.6. The molecule has 1 aromatic carbocycles. The first kappa shape index (κ1) is 21.7. The predicted octanol–water partition coefficient (Wildman–Crippen LogP) is 1.80. The van der Waals surface area contributed by atoms with Crippen LogP contribution >= 0.6 is 0 Å². The number of rotatable bonds is 7. The van der Waals surface area contributed by atoms with Crippen LogP contribution in [-0.4, -0.2) is 90.3 Å². The second kappa shape index (κ2) is 10.7. The van der Waals surface area contributed by atoms with Crippen molar-refractivity contribution < 1.29 is 14.0 Å². The van der Waals surface area contributed by atoms with Crippen LogP contribution in [0.1, 0.15) is 31.7 Å². The number of carbonyl (C=O) groups excluding carboxylic acids is 2. The van der Waals surface area contributed by atoms with Crippen LogP contribution < -0.4 is 0 Å². The lowest BCUT2D eigenvalue weighted by atomic mass is 10.2. The molecule has 0 spiro atoms. The molecule has 0 unspecified atom stereocenters. The van der Waals surface area contributed by atoms with E-state index in [2.05, 4.69) is 9.80 Å². The highest BCUT2D eigenvalue weighted by Crippen LogP contribution is 2.11. The van der Waals surface area contributed by atoms with Crippen molar-refractivity contribution in [1.29, 1.82) is 0 Å². The normalized spacial score (nSPS) is 18.6. The Hall–Kier alpha value is -1.99. The monoisotopic (exact) mass is 404 g/mol. The summed E-state index contributed by atoms with van der Waals surface area (Å²) in [6.45, 7) is 8.97. The summed E-state index contributed by atoms with van der Waals surface area (Å²) < 4.78 is 13.4. The summed E-state index contributed by atoms with van der Waals surface area (Å²) in [5, 5.41) is 0. The first-order chi connectivity index (χ1) is 14.0. The Bertz CT molecular complexity index is 693. The van der Waals surface area contributed by atoms with Crippen LogP contribution in [0.3, 0.4) is 0 Å². The van der Waals surface area contributed by atoms with E-state index in [4.69, 9.17) is 0 Å². The highest BCUT2D eigenvalue weighted by atomic mass is 19.1. The van der Waals surface area contributed by atoms with Gasteiger partial charge in [0.1, 0.15) is 5.82 Å². The van der Waals surface area contributed by atoms with Crippen LogP contribution in [-0.2, 0) is 16.1 Å². The number of carbonyl (C=O) groups is 2. The zero-order valence-corrected chi connectivity index (χ0v) is 17.5. The van der Waals surface area contributed by atoms with E-state index in [1.54, 1.807) is 11.0 Å². The van der Waals surface area contributed by atoms with Crippen molar-refractivity contribution in [3.05, 3.63) is 35.6 Å². The summed E-state index contributed by atoms with van der Waals surface area (Å²) >= 11 is 0. The summed E-state index contributed by atoms with van der Waals surface area (Å²) in [6, 6.07) is 6.42. The van der Waals surface area contributed by atoms with Gasteiger partial charge in [0, 0.05) is 39.3 Å². The van der Waals surface area contributed by atoms with E-state index in [9.17, 15) is 14.0 Å². The molecule has 2 aliphatic heterocycles. The minimum Gasteiger partial charge on any atom is -0.342 e. The molecular weight excluding hydrogens is 371 g/mol. The van der Waals surface area contributed by atoms with Crippen molar-refractivity contribution in [3.8, 4) is 0 Å². The van der Waals surface area contributed by atoms with E-state index >= 15 is 0 Å². The molecule has 1 aromatic rings. The van der Waals surface area contributed by atoms with Crippen LogP contribution in [0, 0.1) is 5.82 Å². The van der Waals surface area contributed by atoms with Crippen molar-refractivity contribution in [2.75, 3.05) is 58.9 Å². The molecule has 7 heteroatoms. The molecule has 2 amide bonds. The molecule has 0 aliphatic carbocycles. The van der Waals surface area contributed by atoms with Gasteiger partial charge >= 0.3 is 0 Å². The Balaban J connectivity index is 1.46. The standard InChI is InChI=1S/C22H33FN4O2/c1-2-26(16-19-7-5-8-20(23)15-19)21(28)17-24-9-6-10-25(14-13-24)18-22(29)27-11-3-4-12-27/h5,7-8,15H,2-4,6,9-14,16-18H2,1H3. The first-order valence-corrected chi connectivity index (χ1v) is 10.8. The second-order valence-electron chi connectivity index (χ2n) is 8.03.